The molecule has 0 spiro atoms. The van der Waals surface area contributed by atoms with Crippen LogP contribution in [-0.4, -0.2) is 11.5 Å². The van der Waals surface area contributed by atoms with E-state index in [1.54, 1.807) is 0 Å². The van der Waals surface area contributed by atoms with E-state index in [-0.39, 0.29) is 0 Å². The Kier molecular flexibility index (Phi) is 5.32. The fourth-order valence-electron chi connectivity index (χ4n) is 2.64. The summed E-state index contributed by atoms with van der Waals surface area (Å²) in [6.07, 6.45) is 2.77. The number of halogens is 1. The number of hydrogen-bond donors (Lipinski definition) is 1. The van der Waals surface area contributed by atoms with Crippen LogP contribution >= 0.6 is 15.9 Å². The van der Waals surface area contributed by atoms with Gasteiger partial charge in [-0.1, -0.05) is 25.1 Å². The van der Waals surface area contributed by atoms with E-state index in [9.17, 15) is 0 Å². The molecule has 1 heterocycles. The molecule has 0 saturated carbocycles. The molecule has 20 heavy (non-hydrogen) atoms. The van der Waals surface area contributed by atoms with Gasteiger partial charge < -0.3 is 5.32 Å². The molecule has 1 aromatic heterocycles. The maximum atomic E-state index is 4.50. The van der Waals surface area contributed by atoms with Gasteiger partial charge in [0.15, 0.2) is 0 Å². The molecule has 0 saturated heterocycles. The van der Waals surface area contributed by atoms with Crippen LogP contribution in [0.5, 0.6) is 0 Å². The van der Waals surface area contributed by atoms with E-state index in [1.807, 2.05) is 6.20 Å². The number of rotatable bonds is 5. The molecule has 0 aliphatic rings. The Morgan fingerprint density at radius 1 is 1.15 bits per heavy atom. The smallest absolute Gasteiger partial charge is 0.0423 e. The second kappa shape index (κ2) is 7.00. The first kappa shape index (κ1) is 15.2. The van der Waals surface area contributed by atoms with Crippen molar-refractivity contribution in [1.29, 1.82) is 0 Å². The Bertz CT molecular complexity index is 543. The van der Waals surface area contributed by atoms with Gasteiger partial charge in [0.25, 0.3) is 0 Å². The lowest BCUT2D eigenvalue weighted by atomic mass is 9.93. The molecule has 2 rings (SSSR count). The number of aromatic nitrogens is 1. The van der Waals surface area contributed by atoms with E-state index < -0.39 is 0 Å². The van der Waals surface area contributed by atoms with Gasteiger partial charge in [0.1, 0.15) is 0 Å². The predicted molar refractivity (Wildman–Crippen MR) is 88.0 cm³/mol. The SMILES string of the molecule is CCNC(Cc1ccc(Br)cn1)c1c(C)cccc1C. The van der Waals surface area contributed by atoms with E-state index in [4.69, 9.17) is 0 Å². The highest BCUT2D eigenvalue weighted by Gasteiger charge is 2.16. The van der Waals surface area contributed by atoms with Gasteiger partial charge in [0.05, 0.1) is 0 Å². The maximum Gasteiger partial charge on any atom is 0.0423 e. The number of aryl methyl sites for hydroxylation is 2. The molecule has 1 unspecified atom stereocenters. The summed E-state index contributed by atoms with van der Waals surface area (Å²) in [5.74, 6) is 0. The summed E-state index contributed by atoms with van der Waals surface area (Å²) in [6.45, 7) is 7.47. The maximum absolute atomic E-state index is 4.50. The van der Waals surface area contributed by atoms with Gasteiger partial charge >= 0.3 is 0 Å². The molecule has 3 heteroatoms. The number of nitrogens with zero attached hydrogens (tertiary/aromatic N) is 1. The van der Waals surface area contributed by atoms with Crippen molar-refractivity contribution < 1.29 is 0 Å². The zero-order chi connectivity index (χ0) is 14.5. The number of nitrogens with one attached hydrogen (secondary N) is 1. The topological polar surface area (TPSA) is 24.9 Å². The molecule has 0 aliphatic carbocycles. The number of hydrogen-bond acceptors (Lipinski definition) is 2. The first-order chi connectivity index (χ1) is 9.61. The third-order valence-corrected chi connectivity index (χ3v) is 4.01. The molecule has 0 fully saturated rings. The third kappa shape index (κ3) is 3.68. The summed E-state index contributed by atoms with van der Waals surface area (Å²) in [6, 6.07) is 10.9. The summed E-state index contributed by atoms with van der Waals surface area (Å²) in [5.41, 5.74) is 5.20. The fraction of sp³-hybridized carbons (Fsp3) is 0.353. The molecule has 1 aromatic carbocycles. The first-order valence-electron chi connectivity index (χ1n) is 7.01. The Morgan fingerprint density at radius 2 is 1.85 bits per heavy atom. The summed E-state index contributed by atoms with van der Waals surface area (Å²) in [7, 11) is 0. The quantitative estimate of drug-likeness (QED) is 0.880. The Labute approximate surface area is 129 Å². The van der Waals surface area contributed by atoms with Crippen LogP contribution in [0.1, 0.15) is 35.3 Å². The van der Waals surface area contributed by atoms with E-state index >= 15 is 0 Å². The molecule has 2 nitrogen and oxygen atoms in total. The van der Waals surface area contributed by atoms with Crippen LogP contribution < -0.4 is 5.32 Å². The molecule has 2 aromatic rings. The van der Waals surface area contributed by atoms with Gasteiger partial charge in [0, 0.05) is 28.8 Å². The lowest BCUT2D eigenvalue weighted by Crippen LogP contribution is -2.25. The monoisotopic (exact) mass is 332 g/mol. The van der Waals surface area contributed by atoms with Crippen molar-refractivity contribution in [3.63, 3.8) is 0 Å². The van der Waals surface area contributed by atoms with Gasteiger partial charge in [0.2, 0.25) is 0 Å². The van der Waals surface area contributed by atoms with Crippen molar-refractivity contribution in [2.24, 2.45) is 0 Å². The molecular formula is C17H21BrN2. The van der Waals surface area contributed by atoms with Crippen molar-refractivity contribution in [1.82, 2.24) is 10.3 Å². The van der Waals surface area contributed by atoms with Gasteiger partial charge in [-0.2, -0.15) is 0 Å². The Balaban J connectivity index is 2.29. The Morgan fingerprint density at radius 3 is 2.40 bits per heavy atom. The van der Waals surface area contributed by atoms with Crippen LogP contribution in [0.3, 0.4) is 0 Å². The van der Waals surface area contributed by atoms with Crippen LogP contribution in [0, 0.1) is 13.8 Å². The van der Waals surface area contributed by atoms with E-state index in [1.165, 1.54) is 16.7 Å². The molecule has 1 atom stereocenters. The van der Waals surface area contributed by atoms with Crippen LogP contribution in [0.25, 0.3) is 0 Å². The first-order valence-corrected chi connectivity index (χ1v) is 7.81. The van der Waals surface area contributed by atoms with Crippen LogP contribution in [0.15, 0.2) is 41.0 Å². The molecule has 0 aliphatic heterocycles. The lowest BCUT2D eigenvalue weighted by molar-refractivity contribution is 0.539. The van der Waals surface area contributed by atoms with E-state index in [0.717, 1.165) is 23.1 Å². The standard InChI is InChI=1S/C17H21BrN2/c1-4-19-16(10-15-9-8-14(18)11-20-15)17-12(2)6-5-7-13(17)3/h5-9,11,16,19H,4,10H2,1-3H3. The van der Waals surface area contributed by atoms with E-state index in [0.29, 0.717) is 6.04 Å². The lowest BCUT2D eigenvalue weighted by Gasteiger charge is -2.22. The molecule has 0 bridgehead atoms. The van der Waals surface area contributed by atoms with Gasteiger partial charge in [-0.15, -0.1) is 0 Å². The molecule has 106 valence electrons. The minimum Gasteiger partial charge on any atom is -0.310 e. The normalized spacial score (nSPS) is 12.4. The predicted octanol–water partition coefficient (Wildman–Crippen LogP) is 4.35. The van der Waals surface area contributed by atoms with Crippen LogP contribution in [0.2, 0.25) is 0 Å². The summed E-state index contributed by atoms with van der Waals surface area (Å²) < 4.78 is 1.02. The van der Waals surface area contributed by atoms with Crippen molar-refractivity contribution in [3.8, 4) is 0 Å². The molecule has 1 N–H and O–H groups in total. The van der Waals surface area contributed by atoms with Crippen LogP contribution in [0.4, 0.5) is 0 Å². The highest BCUT2D eigenvalue weighted by atomic mass is 79.9. The van der Waals surface area contributed by atoms with Crippen molar-refractivity contribution in [2.75, 3.05) is 6.54 Å². The van der Waals surface area contributed by atoms with E-state index in [2.05, 4.69) is 77.3 Å². The highest BCUT2D eigenvalue weighted by Crippen LogP contribution is 2.25. The summed E-state index contributed by atoms with van der Waals surface area (Å²) in [5, 5.41) is 3.59. The average Bonchev–Trinajstić information content (AvgIpc) is 2.41. The molecular weight excluding hydrogens is 312 g/mol. The summed E-state index contributed by atoms with van der Waals surface area (Å²) in [4.78, 5) is 4.50. The van der Waals surface area contributed by atoms with Gasteiger partial charge in [-0.3, -0.25) is 4.98 Å². The minimum atomic E-state index is 0.315. The molecule has 0 amide bonds. The van der Waals surface area contributed by atoms with Gasteiger partial charge in [-0.05, 0) is 65.1 Å². The second-order valence-electron chi connectivity index (χ2n) is 5.09. The van der Waals surface area contributed by atoms with Crippen LogP contribution in [-0.2, 0) is 6.42 Å². The highest BCUT2D eigenvalue weighted by molar-refractivity contribution is 9.10. The second-order valence-corrected chi connectivity index (χ2v) is 6.00. The third-order valence-electron chi connectivity index (χ3n) is 3.54. The van der Waals surface area contributed by atoms with Gasteiger partial charge in [-0.25, -0.2) is 0 Å². The van der Waals surface area contributed by atoms with Crippen molar-refractivity contribution in [3.05, 3.63) is 63.4 Å². The Hall–Kier alpha value is -1.19. The van der Waals surface area contributed by atoms with Crippen molar-refractivity contribution in [2.45, 2.75) is 33.2 Å². The zero-order valence-electron chi connectivity index (χ0n) is 12.3. The largest absolute Gasteiger partial charge is 0.310 e. The molecule has 0 radical (unpaired) electrons. The minimum absolute atomic E-state index is 0.315. The van der Waals surface area contributed by atoms with Crippen molar-refractivity contribution >= 4 is 15.9 Å². The fourth-order valence-corrected chi connectivity index (χ4v) is 2.87. The zero-order valence-corrected chi connectivity index (χ0v) is 13.9. The summed E-state index contributed by atoms with van der Waals surface area (Å²) >= 11 is 3.43. The number of pyridine rings is 1. The number of benzene rings is 1. The number of likely N-dealkylation sites (N-methyl/N-ethyl adjacent to an activating group) is 1. The average molecular weight is 333 g/mol.